The maximum absolute atomic E-state index is 13.4. The lowest BCUT2D eigenvalue weighted by molar-refractivity contribution is -0.139. The fourth-order valence-corrected chi connectivity index (χ4v) is 4.99. The first-order chi connectivity index (χ1) is 19.7. The van der Waals surface area contributed by atoms with Crippen LogP contribution >= 0.6 is 0 Å². The minimum Gasteiger partial charge on any atom is -0.507 e. The lowest BCUT2D eigenvalue weighted by Crippen LogP contribution is -2.32. The zero-order chi connectivity index (χ0) is 29.5. The summed E-state index contributed by atoms with van der Waals surface area (Å²) in [6.07, 6.45) is 0.664. The summed E-state index contributed by atoms with van der Waals surface area (Å²) in [7, 11) is 5.46. The Kier molecular flexibility index (Phi) is 9.68. The number of methoxy groups -OCH3 is 1. The van der Waals surface area contributed by atoms with E-state index in [4.69, 9.17) is 14.2 Å². The molecule has 0 unspecified atom stereocenters. The number of aliphatic hydroxyl groups is 1. The SMILES string of the molecule is CCOc1ccc([C@H]2C(=C(O)c3ccc(OCc4ccccc4)c(C)c3)C(=O)C(=O)N2CCCN(C)C)cc1OC. The molecule has 1 heterocycles. The summed E-state index contributed by atoms with van der Waals surface area (Å²) in [5, 5.41) is 11.5. The normalized spacial score (nSPS) is 16.3. The molecule has 3 aromatic rings. The Hall–Kier alpha value is -4.30. The summed E-state index contributed by atoms with van der Waals surface area (Å²) < 4.78 is 17.2. The number of nitrogens with zero attached hydrogens (tertiary/aromatic N) is 2. The summed E-state index contributed by atoms with van der Waals surface area (Å²) in [6.45, 7) is 5.73. The molecule has 41 heavy (non-hydrogen) atoms. The number of carbonyl (C=O) groups is 2. The van der Waals surface area contributed by atoms with Gasteiger partial charge in [0.1, 0.15) is 18.1 Å². The van der Waals surface area contributed by atoms with Gasteiger partial charge in [-0.05, 0) is 87.9 Å². The second-order valence-corrected chi connectivity index (χ2v) is 10.2. The summed E-state index contributed by atoms with van der Waals surface area (Å²) in [4.78, 5) is 30.3. The molecule has 0 saturated carbocycles. The average Bonchev–Trinajstić information content (AvgIpc) is 3.22. The number of hydrogen-bond donors (Lipinski definition) is 1. The number of ether oxygens (including phenoxy) is 3. The van der Waals surface area contributed by atoms with Gasteiger partial charge in [-0.25, -0.2) is 0 Å². The molecular formula is C33H38N2O6. The Morgan fingerprint density at radius 1 is 0.951 bits per heavy atom. The number of carbonyl (C=O) groups excluding carboxylic acids is 2. The lowest BCUT2D eigenvalue weighted by Gasteiger charge is -2.26. The fourth-order valence-electron chi connectivity index (χ4n) is 4.99. The molecule has 1 atom stereocenters. The number of Topliss-reactive ketones (excluding diaryl/α,β-unsaturated/α-hetero) is 1. The topological polar surface area (TPSA) is 88.5 Å². The second kappa shape index (κ2) is 13.4. The van der Waals surface area contributed by atoms with Gasteiger partial charge in [-0.3, -0.25) is 9.59 Å². The summed E-state index contributed by atoms with van der Waals surface area (Å²) in [5.41, 5.74) is 2.96. The third kappa shape index (κ3) is 6.72. The zero-order valence-corrected chi connectivity index (χ0v) is 24.3. The molecule has 0 aliphatic carbocycles. The minimum atomic E-state index is -0.781. The summed E-state index contributed by atoms with van der Waals surface area (Å²) in [6, 6.07) is 19.6. The van der Waals surface area contributed by atoms with Gasteiger partial charge in [-0.1, -0.05) is 36.4 Å². The van der Waals surface area contributed by atoms with Gasteiger partial charge < -0.3 is 29.1 Å². The Morgan fingerprint density at radius 3 is 2.34 bits per heavy atom. The van der Waals surface area contributed by atoms with Crippen LogP contribution in [-0.2, 0) is 16.2 Å². The largest absolute Gasteiger partial charge is 0.507 e. The van der Waals surface area contributed by atoms with Gasteiger partial charge in [0.15, 0.2) is 11.5 Å². The van der Waals surface area contributed by atoms with E-state index >= 15 is 0 Å². The molecule has 0 radical (unpaired) electrons. The first kappa shape index (κ1) is 29.7. The van der Waals surface area contributed by atoms with E-state index in [9.17, 15) is 14.7 Å². The Morgan fingerprint density at radius 2 is 1.68 bits per heavy atom. The van der Waals surface area contributed by atoms with E-state index < -0.39 is 17.7 Å². The molecule has 8 heteroatoms. The number of likely N-dealkylation sites (tertiary alicyclic amines) is 1. The summed E-state index contributed by atoms with van der Waals surface area (Å²) in [5.74, 6) is 0.135. The smallest absolute Gasteiger partial charge is 0.295 e. The standard InChI is InChI=1S/C33H38N2O6/c1-6-40-27-16-13-24(20-28(27)39-5)30-29(32(37)33(38)35(30)18-10-17-34(3)4)31(36)25-14-15-26(22(2)19-25)41-21-23-11-8-7-9-12-23/h7-9,11-16,19-20,30,36H,6,10,17-18,21H2,1-5H3/t30-/m0/s1. The average molecular weight is 559 g/mol. The van der Waals surface area contributed by atoms with Gasteiger partial charge in [0.05, 0.1) is 25.3 Å². The first-order valence-electron chi connectivity index (χ1n) is 13.8. The predicted molar refractivity (Wildman–Crippen MR) is 158 cm³/mol. The van der Waals surface area contributed by atoms with Gasteiger partial charge in [-0.2, -0.15) is 0 Å². The van der Waals surface area contributed by atoms with Crippen LogP contribution in [-0.4, -0.2) is 67.5 Å². The molecule has 1 aliphatic rings. The van der Waals surface area contributed by atoms with E-state index in [1.165, 1.54) is 4.90 Å². The quantitative estimate of drug-likeness (QED) is 0.182. The zero-order valence-electron chi connectivity index (χ0n) is 24.3. The molecule has 1 fully saturated rings. The van der Waals surface area contributed by atoms with Crippen molar-refractivity contribution in [2.45, 2.75) is 32.9 Å². The van der Waals surface area contributed by atoms with E-state index in [1.807, 2.05) is 69.2 Å². The number of ketones is 1. The van der Waals surface area contributed by atoms with Gasteiger partial charge in [-0.15, -0.1) is 0 Å². The molecule has 0 aromatic heterocycles. The number of rotatable bonds is 12. The Labute approximate surface area is 241 Å². The van der Waals surface area contributed by atoms with Crippen LogP contribution < -0.4 is 14.2 Å². The van der Waals surface area contributed by atoms with Crippen molar-refractivity contribution in [1.29, 1.82) is 0 Å². The van der Waals surface area contributed by atoms with Crippen molar-refractivity contribution in [1.82, 2.24) is 9.80 Å². The summed E-state index contributed by atoms with van der Waals surface area (Å²) >= 11 is 0. The monoisotopic (exact) mass is 558 g/mol. The van der Waals surface area contributed by atoms with E-state index in [0.29, 0.717) is 54.6 Å². The highest BCUT2D eigenvalue weighted by molar-refractivity contribution is 6.46. The van der Waals surface area contributed by atoms with Gasteiger partial charge in [0, 0.05) is 12.1 Å². The van der Waals surface area contributed by atoms with E-state index in [0.717, 1.165) is 17.7 Å². The molecule has 3 aromatic carbocycles. The van der Waals surface area contributed by atoms with Crippen LogP contribution in [0.2, 0.25) is 0 Å². The van der Waals surface area contributed by atoms with Crippen molar-refractivity contribution in [2.75, 3.05) is 40.9 Å². The van der Waals surface area contributed by atoms with Crippen LogP contribution in [0.3, 0.4) is 0 Å². The van der Waals surface area contributed by atoms with Crippen molar-refractivity contribution in [3.8, 4) is 17.2 Å². The van der Waals surface area contributed by atoms with Crippen molar-refractivity contribution in [3.05, 3.63) is 94.6 Å². The Balaban J connectivity index is 1.72. The van der Waals surface area contributed by atoms with Gasteiger partial charge in [0.25, 0.3) is 11.7 Å². The van der Waals surface area contributed by atoms with Crippen molar-refractivity contribution >= 4 is 17.4 Å². The maximum atomic E-state index is 13.4. The van der Waals surface area contributed by atoms with E-state index in [2.05, 4.69) is 0 Å². The molecule has 1 saturated heterocycles. The number of aliphatic hydroxyl groups excluding tert-OH is 1. The molecule has 8 nitrogen and oxygen atoms in total. The van der Waals surface area contributed by atoms with E-state index in [1.54, 1.807) is 37.4 Å². The predicted octanol–water partition coefficient (Wildman–Crippen LogP) is 5.35. The van der Waals surface area contributed by atoms with Gasteiger partial charge >= 0.3 is 0 Å². The fraction of sp³-hybridized carbons (Fsp3) is 0.333. The highest BCUT2D eigenvalue weighted by Gasteiger charge is 2.46. The van der Waals surface area contributed by atoms with Crippen molar-refractivity contribution < 1.29 is 28.9 Å². The maximum Gasteiger partial charge on any atom is 0.295 e. The van der Waals surface area contributed by atoms with Crippen LogP contribution in [0.1, 0.15) is 41.6 Å². The van der Waals surface area contributed by atoms with Crippen LogP contribution in [0.5, 0.6) is 17.2 Å². The van der Waals surface area contributed by atoms with Crippen molar-refractivity contribution in [2.24, 2.45) is 0 Å². The molecule has 4 rings (SSSR count). The molecule has 0 spiro atoms. The molecule has 1 N–H and O–H groups in total. The van der Waals surface area contributed by atoms with Crippen LogP contribution in [0, 0.1) is 6.92 Å². The molecule has 1 amide bonds. The molecule has 1 aliphatic heterocycles. The number of benzene rings is 3. The molecular weight excluding hydrogens is 520 g/mol. The van der Waals surface area contributed by atoms with E-state index in [-0.39, 0.29) is 11.3 Å². The van der Waals surface area contributed by atoms with Crippen LogP contribution in [0.15, 0.2) is 72.3 Å². The minimum absolute atomic E-state index is 0.0448. The number of hydrogen-bond acceptors (Lipinski definition) is 7. The Bertz CT molecular complexity index is 1420. The third-order valence-electron chi connectivity index (χ3n) is 7.03. The number of amides is 1. The highest BCUT2D eigenvalue weighted by Crippen LogP contribution is 2.42. The molecule has 216 valence electrons. The third-order valence-corrected chi connectivity index (χ3v) is 7.03. The molecule has 0 bridgehead atoms. The van der Waals surface area contributed by atoms with Crippen molar-refractivity contribution in [3.63, 3.8) is 0 Å². The van der Waals surface area contributed by atoms with Crippen LogP contribution in [0.25, 0.3) is 5.76 Å². The first-order valence-corrected chi connectivity index (χ1v) is 13.8. The highest BCUT2D eigenvalue weighted by atomic mass is 16.5. The lowest BCUT2D eigenvalue weighted by atomic mass is 9.94. The van der Waals surface area contributed by atoms with Gasteiger partial charge in [0.2, 0.25) is 0 Å². The second-order valence-electron chi connectivity index (χ2n) is 10.2. The van der Waals surface area contributed by atoms with Crippen LogP contribution in [0.4, 0.5) is 0 Å². The number of aryl methyl sites for hydroxylation is 1.